The zero-order valence-corrected chi connectivity index (χ0v) is 21.5. The smallest absolute Gasteiger partial charge is 0.338 e. The van der Waals surface area contributed by atoms with E-state index in [4.69, 9.17) is 14.2 Å². The molecule has 1 aromatic carbocycles. The van der Waals surface area contributed by atoms with E-state index < -0.39 is 23.9 Å². The summed E-state index contributed by atoms with van der Waals surface area (Å²) in [4.78, 5) is 55.2. The van der Waals surface area contributed by atoms with Crippen molar-refractivity contribution in [3.8, 4) is 11.5 Å². The van der Waals surface area contributed by atoms with Crippen molar-refractivity contribution in [2.24, 2.45) is 4.99 Å². The maximum atomic E-state index is 13.6. The molecule has 2 aromatic heterocycles. The van der Waals surface area contributed by atoms with E-state index in [-0.39, 0.29) is 23.7 Å². The van der Waals surface area contributed by atoms with Gasteiger partial charge in [-0.05, 0) is 43.5 Å². The lowest BCUT2D eigenvalue weighted by Crippen LogP contribution is -2.39. The predicted molar refractivity (Wildman–Crippen MR) is 134 cm³/mol. The van der Waals surface area contributed by atoms with Crippen LogP contribution in [0.1, 0.15) is 44.2 Å². The van der Waals surface area contributed by atoms with E-state index in [9.17, 15) is 19.2 Å². The fourth-order valence-corrected chi connectivity index (χ4v) is 5.62. The number of esters is 3. The second-order valence-corrected chi connectivity index (χ2v) is 9.69. The number of carbonyl (C=O) groups excluding carboxylic acids is 3. The normalized spacial score (nSPS) is 15.2. The zero-order valence-electron chi connectivity index (χ0n) is 19.9. The Morgan fingerprint density at radius 2 is 1.89 bits per heavy atom. The molecule has 1 atom stereocenters. The fraction of sp³-hybridized carbons (Fsp3) is 0.240. The molecule has 0 bridgehead atoms. The van der Waals surface area contributed by atoms with Crippen LogP contribution in [0.4, 0.5) is 0 Å². The number of fused-ring (bicyclic) bond motifs is 1. The monoisotopic (exact) mass is 526 g/mol. The Hall–Kier alpha value is -3.83. The van der Waals surface area contributed by atoms with Crippen LogP contribution >= 0.6 is 22.7 Å². The number of benzene rings is 1. The Kier molecular flexibility index (Phi) is 7.32. The van der Waals surface area contributed by atoms with Crippen molar-refractivity contribution in [2.45, 2.75) is 33.7 Å². The molecule has 1 aliphatic heterocycles. The first-order valence-electron chi connectivity index (χ1n) is 10.9. The summed E-state index contributed by atoms with van der Waals surface area (Å²) in [5.74, 6) is -1.29. The van der Waals surface area contributed by atoms with Gasteiger partial charge in [-0.25, -0.2) is 9.79 Å². The molecule has 11 heteroatoms. The molecule has 3 aromatic rings. The molecule has 36 heavy (non-hydrogen) atoms. The highest BCUT2D eigenvalue weighted by atomic mass is 32.1. The molecular formula is C25H22N2O7S2. The molecule has 4 rings (SSSR count). The van der Waals surface area contributed by atoms with Gasteiger partial charge < -0.3 is 14.2 Å². The minimum Gasteiger partial charge on any atom is -0.463 e. The van der Waals surface area contributed by atoms with E-state index in [0.29, 0.717) is 26.2 Å². The number of thiophene rings is 1. The largest absolute Gasteiger partial charge is 0.463 e. The highest BCUT2D eigenvalue weighted by Crippen LogP contribution is 2.33. The van der Waals surface area contributed by atoms with Crippen molar-refractivity contribution in [1.29, 1.82) is 0 Å². The van der Waals surface area contributed by atoms with Crippen LogP contribution in [0.3, 0.4) is 0 Å². The summed E-state index contributed by atoms with van der Waals surface area (Å²) in [6.45, 7) is 6.14. The van der Waals surface area contributed by atoms with E-state index in [1.807, 2.05) is 17.5 Å². The molecule has 9 nitrogen and oxygen atoms in total. The molecule has 0 aliphatic carbocycles. The third kappa shape index (κ3) is 5.07. The minimum absolute atomic E-state index is 0.130. The number of hydrogen-bond donors (Lipinski definition) is 0. The Morgan fingerprint density at radius 3 is 2.53 bits per heavy atom. The lowest BCUT2D eigenvalue weighted by atomic mass is 10.0. The number of rotatable bonds is 6. The number of carbonyl (C=O) groups is 3. The quantitative estimate of drug-likeness (QED) is 0.358. The number of ether oxygens (including phenoxy) is 3. The molecule has 3 heterocycles. The third-order valence-electron chi connectivity index (χ3n) is 5.12. The van der Waals surface area contributed by atoms with Crippen LogP contribution in [-0.2, 0) is 19.1 Å². The second-order valence-electron chi connectivity index (χ2n) is 7.70. The van der Waals surface area contributed by atoms with Crippen molar-refractivity contribution in [2.75, 3.05) is 6.61 Å². The van der Waals surface area contributed by atoms with Crippen molar-refractivity contribution in [1.82, 2.24) is 4.57 Å². The number of hydrogen-bond acceptors (Lipinski definition) is 10. The Morgan fingerprint density at radius 1 is 1.14 bits per heavy atom. The molecule has 0 radical (unpaired) electrons. The van der Waals surface area contributed by atoms with Crippen LogP contribution in [0.2, 0.25) is 0 Å². The van der Waals surface area contributed by atoms with E-state index in [0.717, 1.165) is 16.2 Å². The van der Waals surface area contributed by atoms with E-state index in [1.54, 1.807) is 26.0 Å². The standard InChI is InChI=1S/C25H22N2O7S2/c1-5-32-24(31)21-13(2)26-25-27(22(21)19-7-6-10-35-19)23(30)20(36-25)11-16-8-9-17(33-14(3)28)12-18(16)34-15(4)29/h6-12,22H,5H2,1-4H3/b20-11+. The van der Waals surface area contributed by atoms with Gasteiger partial charge in [-0.2, -0.15) is 0 Å². The molecule has 1 aliphatic rings. The summed E-state index contributed by atoms with van der Waals surface area (Å²) in [5.41, 5.74) is 0.861. The Balaban J connectivity index is 1.89. The Bertz CT molecular complexity index is 1560. The van der Waals surface area contributed by atoms with Crippen molar-refractivity contribution in [3.05, 3.63) is 77.1 Å². The van der Waals surface area contributed by atoms with Gasteiger partial charge in [0.2, 0.25) is 0 Å². The van der Waals surface area contributed by atoms with Crippen molar-refractivity contribution < 1.29 is 28.6 Å². The van der Waals surface area contributed by atoms with Crippen molar-refractivity contribution >= 4 is 46.7 Å². The number of aromatic nitrogens is 1. The van der Waals surface area contributed by atoms with Crippen LogP contribution in [0.15, 0.2) is 56.8 Å². The van der Waals surface area contributed by atoms with Gasteiger partial charge in [-0.3, -0.25) is 19.0 Å². The Labute approximate surface area is 213 Å². The second kappa shape index (κ2) is 10.4. The van der Waals surface area contributed by atoms with Gasteiger partial charge in [0.25, 0.3) is 5.56 Å². The SMILES string of the molecule is CCOC(=O)C1=C(C)N=c2s/c(=C/c3ccc(OC(C)=O)cc3OC(C)=O)c(=O)n2C1c1cccs1. The molecule has 1 unspecified atom stereocenters. The number of allylic oxidation sites excluding steroid dienone is 1. The first-order chi connectivity index (χ1) is 17.2. The summed E-state index contributed by atoms with van der Waals surface area (Å²) in [5, 5.41) is 1.87. The minimum atomic E-state index is -0.679. The average molecular weight is 527 g/mol. The predicted octanol–water partition coefficient (Wildman–Crippen LogP) is 2.71. The summed E-state index contributed by atoms with van der Waals surface area (Å²) >= 11 is 2.58. The van der Waals surface area contributed by atoms with Gasteiger partial charge in [-0.1, -0.05) is 17.4 Å². The van der Waals surface area contributed by atoms with Gasteiger partial charge in [0.15, 0.2) is 4.80 Å². The van der Waals surface area contributed by atoms with Gasteiger partial charge in [0.1, 0.15) is 17.5 Å². The molecule has 0 spiro atoms. The molecule has 186 valence electrons. The van der Waals surface area contributed by atoms with Gasteiger partial charge in [0.05, 0.1) is 22.4 Å². The third-order valence-corrected chi connectivity index (χ3v) is 7.02. The van der Waals surface area contributed by atoms with Crippen LogP contribution in [-0.4, -0.2) is 29.1 Å². The van der Waals surface area contributed by atoms with Crippen LogP contribution in [0.5, 0.6) is 11.5 Å². The van der Waals surface area contributed by atoms with Crippen molar-refractivity contribution in [3.63, 3.8) is 0 Å². The number of nitrogens with zero attached hydrogens (tertiary/aromatic N) is 2. The average Bonchev–Trinajstić information content (AvgIpc) is 3.43. The summed E-state index contributed by atoms with van der Waals surface area (Å²) in [6.07, 6.45) is 1.58. The first kappa shape index (κ1) is 25.3. The summed E-state index contributed by atoms with van der Waals surface area (Å²) in [7, 11) is 0. The molecule has 0 fully saturated rings. The maximum Gasteiger partial charge on any atom is 0.338 e. The lowest BCUT2D eigenvalue weighted by molar-refractivity contribution is -0.139. The number of thiazole rings is 1. The van der Waals surface area contributed by atoms with Gasteiger partial charge in [0, 0.05) is 30.4 Å². The van der Waals surface area contributed by atoms with Gasteiger partial charge >= 0.3 is 17.9 Å². The molecule has 0 saturated carbocycles. The molecular weight excluding hydrogens is 504 g/mol. The van der Waals surface area contributed by atoms with E-state index in [2.05, 4.69) is 4.99 Å². The van der Waals surface area contributed by atoms with Crippen LogP contribution in [0, 0.1) is 0 Å². The highest BCUT2D eigenvalue weighted by Gasteiger charge is 2.33. The van der Waals surface area contributed by atoms with Gasteiger partial charge in [-0.15, -0.1) is 11.3 Å². The van der Waals surface area contributed by atoms with E-state index >= 15 is 0 Å². The maximum absolute atomic E-state index is 13.6. The van der Waals surface area contributed by atoms with E-state index in [1.165, 1.54) is 41.9 Å². The lowest BCUT2D eigenvalue weighted by Gasteiger charge is -2.23. The molecule has 0 N–H and O–H groups in total. The fourth-order valence-electron chi connectivity index (χ4n) is 3.76. The summed E-state index contributed by atoms with van der Waals surface area (Å²) in [6, 6.07) is 7.56. The topological polar surface area (TPSA) is 113 Å². The highest BCUT2D eigenvalue weighted by molar-refractivity contribution is 7.10. The zero-order chi connectivity index (χ0) is 26.0. The summed E-state index contributed by atoms with van der Waals surface area (Å²) < 4.78 is 17.5. The van der Waals surface area contributed by atoms with Crippen LogP contribution < -0.4 is 24.4 Å². The molecule has 0 amide bonds. The first-order valence-corrected chi connectivity index (χ1v) is 12.6. The molecule has 0 saturated heterocycles. The van der Waals surface area contributed by atoms with Crippen LogP contribution in [0.25, 0.3) is 6.08 Å².